The third-order valence-electron chi connectivity index (χ3n) is 4.94. The molecule has 0 aromatic rings. The molecular formula is C15H30N2O. The highest BCUT2D eigenvalue weighted by molar-refractivity contribution is 5.83. The zero-order valence-electron chi connectivity index (χ0n) is 12.7. The van der Waals surface area contributed by atoms with Crippen LogP contribution in [0.25, 0.3) is 0 Å². The van der Waals surface area contributed by atoms with E-state index in [1.807, 2.05) is 27.7 Å². The van der Waals surface area contributed by atoms with E-state index in [4.69, 9.17) is 5.73 Å². The number of carbonyl (C=O) groups excluding carboxylic acids is 1. The van der Waals surface area contributed by atoms with Gasteiger partial charge in [0.15, 0.2) is 0 Å². The number of rotatable bonds is 4. The van der Waals surface area contributed by atoms with Gasteiger partial charge in [0.25, 0.3) is 0 Å². The summed E-state index contributed by atoms with van der Waals surface area (Å²) in [5, 5.41) is 3.19. The van der Waals surface area contributed by atoms with E-state index >= 15 is 0 Å². The molecule has 3 N–H and O–H groups in total. The Balaban J connectivity index is 2.51. The molecule has 1 fully saturated rings. The molecule has 0 aromatic heterocycles. The van der Waals surface area contributed by atoms with E-state index in [2.05, 4.69) is 12.2 Å². The van der Waals surface area contributed by atoms with Gasteiger partial charge < -0.3 is 11.1 Å². The van der Waals surface area contributed by atoms with Crippen LogP contribution < -0.4 is 11.1 Å². The maximum absolute atomic E-state index is 12.3. The molecule has 0 unspecified atom stereocenters. The topological polar surface area (TPSA) is 55.1 Å². The first kappa shape index (κ1) is 15.5. The predicted octanol–water partition coefficient (Wildman–Crippen LogP) is 2.83. The van der Waals surface area contributed by atoms with Crippen LogP contribution in [0.2, 0.25) is 0 Å². The van der Waals surface area contributed by atoms with Gasteiger partial charge in [0, 0.05) is 11.6 Å². The van der Waals surface area contributed by atoms with Gasteiger partial charge in [-0.1, -0.05) is 13.3 Å². The molecule has 0 atom stereocenters. The summed E-state index contributed by atoms with van der Waals surface area (Å²) in [5.41, 5.74) is 5.07. The summed E-state index contributed by atoms with van der Waals surface area (Å²) in [6.45, 7) is 9.95. The highest BCUT2D eigenvalue weighted by atomic mass is 16.2. The van der Waals surface area contributed by atoms with Crippen LogP contribution in [0.3, 0.4) is 0 Å². The van der Waals surface area contributed by atoms with E-state index in [1.54, 1.807) is 0 Å². The predicted molar refractivity (Wildman–Crippen MR) is 76.2 cm³/mol. The Bertz CT molecular complexity index is 283. The molecule has 1 aliphatic carbocycles. The Kier molecular flexibility index (Phi) is 4.82. The van der Waals surface area contributed by atoms with Crippen LogP contribution in [-0.4, -0.2) is 17.5 Å². The zero-order valence-corrected chi connectivity index (χ0v) is 12.7. The molecule has 1 rings (SSSR count). The van der Waals surface area contributed by atoms with Gasteiger partial charge in [0.1, 0.15) is 0 Å². The molecule has 3 nitrogen and oxygen atoms in total. The molecule has 0 spiro atoms. The van der Waals surface area contributed by atoms with Crippen LogP contribution in [0.5, 0.6) is 0 Å². The van der Waals surface area contributed by atoms with Gasteiger partial charge in [-0.15, -0.1) is 0 Å². The molecule has 18 heavy (non-hydrogen) atoms. The van der Waals surface area contributed by atoms with Crippen molar-refractivity contribution >= 4 is 5.91 Å². The zero-order chi connectivity index (χ0) is 14.0. The van der Waals surface area contributed by atoms with E-state index in [-0.39, 0.29) is 5.91 Å². The minimum atomic E-state index is -0.533. The quantitative estimate of drug-likeness (QED) is 0.810. The van der Waals surface area contributed by atoms with Crippen molar-refractivity contribution in [3.63, 3.8) is 0 Å². The van der Waals surface area contributed by atoms with E-state index in [0.717, 1.165) is 18.8 Å². The molecule has 106 valence electrons. The third-order valence-corrected chi connectivity index (χ3v) is 4.94. The molecule has 0 aliphatic heterocycles. The van der Waals surface area contributed by atoms with E-state index in [1.165, 1.54) is 19.3 Å². The van der Waals surface area contributed by atoms with Crippen molar-refractivity contribution in [2.24, 2.45) is 17.1 Å². The standard InChI is InChI=1S/C15H30N2O/c1-6-11-7-9-12(10-8-11)17-13(18)14(2,3)15(4,5)16/h11-12H,6-10,16H2,1-5H3,(H,17,18). The second-order valence-corrected chi connectivity index (χ2v) is 6.95. The van der Waals surface area contributed by atoms with Gasteiger partial charge in [-0.25, -0.2) is 0 Å². The van der Waals surface area contributed by atoms with Crippen LogP contribution in [0.4, 0.5) is 0 Å². The lowest BCUT2D eigenvalue weighted by molar-refractivity contribution is -0.133. The fourth-order valence-corrected chi connectivity index (χ4v) is 2.37. The number of hydrogen-bond donors (Lipinski definition) is 2. The average molecular weight is 254 g/mol. The molecule has 0 heterocycles. The van der Waals surface area contributed by atoms with Crippen LogP contribution in [0.15, 0.2) is 0 Å². The summed E-state index contributed by atoms with van der Waals surface area (Å²) in [6.07, 6.45) is 5.99. The summed E-state index contributed by atoms with van der Waals surface area (Å²) >= 11 is 0. The largest absolute Gasteiger partial charge is 0.353 e. The molecule has 1 amide bonds. The summed E-state index contributed by atoms with van der Waals surface area (Å²) in [4.78, 5) is 12.3. The molecule has 0 aromatic carbocycles. The SMILES string of the molecule is CCC1CCC(NC(=O)C(C)(C)C(C)(C)N)CC1. The fraction of sp³-hybridized carbons (Fsp3) is 0.933. The molecule has 0 radical (unpaired) electrons. The lowest BCUT2D eigenvalue weighted by atomic mass is 9.74. The van der Waals surface area contributed by atoms with E-state index in [0.29, 0.717) is 6.04 Å². The third kappa shape index (κ3) is 3.47. The van der Waals surface area contributed by atoms with Crippen LogP contribution >= 0.6 is 0 Å². The van der Waals surface area contributed by atoms with Crippen molar-refractivity contribution in [2.45, 2.75) is 78.3 Å². The van der Waals surface area contributed by atoms with Crippen molar-refractivity contribution in [3.8, 4) is 0 Å². The highest BCUT2D eigenvalue weighted by Crippen LogP contribution is 2.31. The normalized spacial score (nSPS) is 25.9. The number of carbonyl (C=O) groups is 1. The monoisotopic (exact) mass is 254 g/mol. The number of nitrogens with two attached hydrogens (primary N) is 1. The molecule has 0 bridgehead atoms. The fourth-order valence-electron chi connectivity index (χ4n) is 2.37. The van der Waals surface area contributed by atoms with Gasteiger partial charge in [-0.2, -0.15) is 0 Å². The van der Waals surface area contributed by atoms with E-state index < -0.39 is 11.0 Å². The Labute approximate surface area is 112 Å². The van der Waals surface area contributed by atoms with Crippen molar-refractivity contribution in [3.05, 3.63) is 0 Å². The molecular weight excluding hydrogens is 224 g/mol. The first-order chi connectivity index (χ1) is 8.18. The summed E-state index contributed by atoms with van der Waals surface area (Å²) in [7, 11) is 0. The number of nitrogens with one attached hydrogen (secondary N) is 1. The second-order valence-electron chi connectivity index (χ2n) is 6.95. The number of hydrogen-bond acceptors (Lipinski definition) is 2. The summed E-state index contributed by atoms with van der Waals surface area (Å²) < 4.78 is 0. The van der Waals surface area contributed by atoms with Crippen LogP contribution in [-0.2, 0) is 4.79 Å². The first-order valence-electron chi connectivity index (χ1n) is 7.28. The second kappa shape index (κ2) is 5.60. The van der Waals surface area contributed by atoms with Crippen molar-refractivity contribution in [2.75, 3.05) is 0 Å². The molecule has 1 aliphatic rings. The first-order valence-corrected chi connectivity index (χ1v) is 7.28. The Morgan fingerprint density at radius 3 is 2.06 bits per heavy atom. The molecule has 3 heteroatoms. The van der Waals surface area contributed by atoms with Crippen LogP contribution in [0.1, 0.15) is 66.7 Å². The Morgan fingerprint density at radius 2 is 1.67 bits per heavy atom. The van der Waals surface area contributed by atoms with Crippen molar-refractivity contribution in [1.29, 1.82) is 0 Å². The minimum absolute atomic E-state index is 0.0925. The van der Waals surface area contributed by atoms with Gasteiger partial charge in [-0.05, 0) is 59.3 Å². The van der Waals surface area contributed by atoms with Crippen LogP contribution in [0, 0.1) is 11.3 Å². The maximum atomic E-state index is 12.3. The lowest BCUT2D eigenvalue weighted by Crippen LogP contribution is -2.57. The Hall–Kier alpha value is -0.570. The van der Waals surface area contributed by atoms with Crippen molar-refractivity contribution in [1.82, 2.24) is 5.32 Å². The average Bonchev–Trinajstić information content (AvgIpc) is 2.28. The summed E-state index contributed by atoms with van der Waals surface area (Å²) in [6, 6.07) is 0.349. The van der Waals surface area contributed by atoms with Gasteiger partial charge in [-0.3, -0.25) is 4.79 Å². The smallest absolute Gasteiger partial charge is 0.227 e. The number of amides is 1. The minimum Gasteiger partial charge on any atom is -0.353 e. The lowest BCUT2D eigenvalue weighted by Gasteiger charge is -2.39. The maximum Gasteiger partial charge on any atom is 0.227 e. The molecule has 1 saturated carbocycles. The summed E-state index contributed by atoms with van der Waals surface area (Å²) in [5.74, 6) is 0.951. The van der Waals surface area contributed by atoms with Crippen molar-refractivity contribution < 1.29 is 4.79 Å². The van der Waals surface area contributed by atoms with Gasteiger partial charge in [0.05, 0.1) is 5.41 Å². The molecule has 0 saturated heterocycles. The highest BCUT2D eigenvalue weighted by Gasteiger charge is 2.41. The Morgan fingerprint density at radius 1 is 1.17 bits per heavy atom. The van der Waals surface area contributed by atoms with Gasteiger partial charge in [0.2, 0.25) is 5.91 Å². The van der Waals surface area contributed by atoms with E-state index in [9.17, 15) is 4.79 Å². The van der Waals surface area contributed by atoms with Gasteiger partial charge >= 0.3 is 0 Å².